The molecule has 0 aliphatic heterocycles. The van der Waals surface area contributed by atoms with Gasteiger partial charge in [-0.25, -0.2) is 4.79 Å². The molecular weight excluding hydrogens is 266 g/mol. The van der Waals surface area contributed by atoms with E-state index in [0.717, 1.165) is 5.56 Å². The van der Waals surface area contributed by atoms with Crippen molar-refractivity contribution < 1.29 is 14.3 Å². The van der Waals surface area contributed by atoms with E-state index in [1.54, 1.807) is 18.2 Å². The highest BCUT2D eigenvalue weighted by Crippen LogP contribution is 2.24. The normalized spacial score (nSPS) is 10.2. The molecule has 4 nitrogen and oxygen atoms in total. The van der Waals surface area contributed by atoms with E-state index in [1.165, 1.54) is 18.2 Å². The summed E-state index contributed by atoms with van der Waals surface area (Å²) in [5.41, 5.74) is 10.3. The molecule has 2 N–H and O–H groups in total. The van der Waals surface area contributed by atoms with Crippen LogP contribution in [0.4, 0.5) is 5.69 Å². The Hall–Kier alpha value is -2.49. The molecule has 4 heteroatoms. The van der Waals surface area contributed by atoms with Crippen LogP contribution in [0.1, 0.15) is 27.0 Å². The van der Waals surface area contributed by atoms with Crippen LogP contribution in [0.5, 0.6) is 5.75 Å². The minimum absolute atomic E-state index is 0.411. The van der Waals surface area contributed by atoms with Gasteiger partial charge in [-0.15, -0.1) is 0 Å². The molecule has 0 aromatic heterocycles. The first-order chi connectivity index (χ1) is 10.0. The van der Waals surface area contributed by atoms with E-state index >= 15 is 0 Å². The predicted octanol–water partition coefficient (Wildman–Crippen LogP) is 3.25. The van der Waals surface area contributed by atoms with Crippen molar-refractivity contribution >= 4 is 11.7 Å². The standard InChI is InChI=1S/C17H19NO3/c1-11-4-5-13(8-12(11)2)10-21-16-7-6-14(9-15(16)18)17(19)20-3/h4-9H,10,18H2,1-3H3. The SMILES string of the molecule is COC(=O)c1ccc(OCc2ccc(C)c(C)c2)c(N)c1. The van der Waals surface area contributed by atoms with Gasteiger partial charge in [0.25, 0.3) is 0 Å². The van der Waals surface area contributed by atoms with E-state index in [4.69, 9.17) is 10.5 Å². The van der Waals surface area contributed by atoms with Gasteiger partial charge in [0.15, 0.2) is 0 Å². The predicted molar refractivity (Wildman–Crippen MR) is 82.4 cm³/mol. The number of carbonyl (C=O) groups is 1. The number of ether oxygens (including phenoxy) is 2. The number of carbonyl (C=O) groups excluding carboxylic acids is 1. The molecule has 0 atom stereocenters. The number of esters is 1. The third-order valence-electron chi connectivity index (χ3n) is 3.40. The van der Waals surface area contributed by atoms with Crippen molar-refractivity contribution in [1.29, 1.82) is 0 Å². The number of anilines is 1. The van der Waals surface area contributed by atoms with E-state index in [0.29, 0.717) is 23.6 Å². The van der Waals surface area contributed by atoms with Gasteiger partial charge in [0.1, 0.15) is 12.4 Å². The Bertz CT molecular complexity index is 665. The lowest BCUT2D eigenvalue weighted by atomic mass is 10.1. The van der Waals surface area contributed by atoms with Gasteiger partial charge in [0.2, 0.25) is 0 Å². The average molecular weight is 285 g/mol. The molecule has 2 rings (SSSR count). The molecule has 110 valence electrons. The van der Waals surface area contributed by atoms with Crippen LogP contribution in [0.15, 0.2) is 36.4 Å². The topological polar surface area (TPSA) is 61.5 Å². The summed E-state index contributed by atoms with van der Waals surface area (Å²) < 4.78 is 10.4. The van der Waals surface area contributed by atoms with Crippen LogP contribution < -0.4 is 10.5 Å². The monoisotopic (exact) mass is 285 g/mol. The molecule has 0 spiro atoms. The number of nitrogen functional groups attached to an aromatic ring is 1. The highest BCUT2D eigenvalue weighted by atomic mass is 16.5. The maximum absolute atomic E-state index is 11.4. The Morgan fingerprint density at radius 2 is 1.86 bits per heavy atom. The van der Waals surface area contributed by atoms with Crippen molar-refractivity contribution in [3.63, 3.8) is 0 Å². The number of rotatable bonds is 4. The Kier molecular flexibility index (Phi) is 4.48. The average Bonchev–Trinajstić information content (AvgIpc) is 2.48. The van der Waals surface area contributed by atoms with Gasteiger partial charge in [-0.1, -0.05) is 18.2 Å². The van der Waals surface area contributed by atoms with Gasteiger partial charge >= 0.3 is 5.97 Å². The molecule has 0 aliphatic carbocycles. The molecule has 0 aliphatic rings. The summed E-state index contributed by atoms with van der Waals surface area (Å²) >= 11 is 0. The van der Waals surface area contributed by atoms with Crippen molar-refractivity contribution in [1.82, 2.24) is 0 Å². The van der Waals surface area contributed by atoms with Crippen molar-refractivity contribution in [2.75, 3.05) is 12.8 Å². The van der Waals surface area contributed by atoms with E-state index < -0.39 is 5.97 Å². The maximum Gasteiger partial charge on any atom is 0.337 e. The number of nitrogens with two attached hydrogens (primary N) is 1. The van der Waals surface area contributed by atoms with Crippen molar-refractivity contribution in [3.8, 4) is 5.75 Å². The van der Waals surface area contributed by atoms with Crippen LogP contribution in [0, 0.1) is 13.8 Å². The summed E-state index contributed by atoms with van der Waals surface area (Å²) in [6, 6.07) is 11.1. The molecule has 2 aromatic rings. The van der Waals surface area contributed by atoms with Crippen LogP contribution in [0.2, 0.25) is 0 Å². The molecule has 0 bridgehead atoms. The summed E-state index contributed by atoms with van der Waals surface area (Å²) in [7, 11) is 1.34. The van der Waals surface area contributed by atoms with E-state index in [2.05, 4.69) is 30.7 Å². The molecule has 0 saturated carbocycles. The third-order valence-corrected chi connectivity index (χ3v) is 3.40. The second-order valence-corrected chi connectivity index (χ2v) is 4.95. The number of benzene rings is 2. The van der Waals surface area contributed by atoms with E-state index in [-0.39, 0.29) is 0 Å². The van der Waals surface area contributed by atoms with Gasteiger partial charge in [-0.05, 0) is 48.7 Å². The van der Waals surface area contributed by atoms with Crippen LogP contribution in [-0.4, -0.2) is 13.1 Å². The minimum atomic E-state index is -0.414. The summed E-state index contributed by atoms with van der Waals surface area (Å²) in [6.07, 6.45) is 0. The van der Waals surface area contributed by atoms with Crippen LogP contribution in [0.25, 0.3) is 0 Å². The second kappa shape index (κ2) is 6.31. The van der Waals surface area contributed by atoms with Gasteiger partial charge in [-0.3, -0.25) is 0 Å². The zero-order valence-corrected chi connectivity index (χ0v) is 12.5. The maximum atomic E-state index is 11.4. The number of hydrogen-bond acceptors (Lipinski definition) is 4. The minimum Gasteiger partial charge on any atom is -0.487 e. The van der Waals surface area contributed by atoms with Crippen molar-refractivity contribution in [2.24, 2.45) is 0 Å². The van der Waals surface area contributed by atoms with E-state index in [1.807, 2.05) is 6.07 Å². The number of methoxy groups -OCH3 is 1. The zero-order valence-electron chi connectivity index (χ0n) is 12.5. The van der Waals surface area contributed by atoms with Crippen LogP contribution in [-0.2, 0) is 11.3 Å². The van der Waals surface area contributed by atoms with Crippen molar-refractivity contribution in [2.45, 2.75) is 20.5 Å². The third kappa shape index (κ3) is 3.54. The Morgan fingerprint density at radius 3 is 2.48 bits per heavy atom. The molecule has 0 fully saturated rings. The highest BCUT2D eigenvalue weighted by Gasteiger charge is 2.09. The summed E-state index contributed by atoms with van der Waals surface area (Å²) in [5, 5.41) is 0. The first-order valence-electron chi connectivity index (χ1n) is 6.68. The Balaban J connectivity index is 2.09. The summed E-state index contributed by atoms with van der Waals surface area (Å²) in [6.45, 7) is 4.57. The fourth-order valence-corrected chi connectivity index (χ4v) is 1.98. The Morgan fingerprint density at radius 1 is 1.10 bits per heavy atom. The van der Waals surface area contributed by atoms with Gasteiger partial charge in [0, 0.05) is 0 Å². The van der Waals surface area contributed by atoms with Crippen LogP contribution in [0.3, 0.4) is 0 Å². The summed E-state index contributed by atoms with van der Waals surface area (Å²) in [4.78, 5) is 11.4. The zero-order chi connectivity index (χ0) is 15.4. The molecule has 2 aromatic carbocycles. The molecule has 0 amide bonds. The Labute approximate surface area is 124 Å². The molecular formula is C17H19NO3. The number of hydrogen-bond donors (Lipinski definition) is 1. The van der Waals surface area contributed by atoms with E-state index in [9.17, 15) is 4.79 Å². The largest absolute Gasteiger partial charge is 0.487 e. The number of aryl methyl sites for hydroxylation is 2. The highest BCUT2D eigenvalue weighted by molar-refractivity contribution is 5.90. The van der Waals surface area contributed by atoms with Crippen molar-refractivity contribution in [3.05, 3.63) is 58.7 Å². The quantitative estimate of drug-likeness (QED) is 0.692. The van der Waals surface area contributed by atoms with Gasteiger partial charge < -0.3 is 15.2 Å². The second-order valence-electron chi connectivity index (χ2n) is 4.95. The molecule has 0 unspecified atom stereocenters. The molecule has 0 radical (unpaired) electrons. The first kappa shape index (κ1) is 14.9. The lowest BCUT2D eigenvalue weighted by Crippen LogP contribution is -2.04. The lowest BCUT2D eigenvalue weighted by molar-refractivity contribution is 0.0600. The van der Waals surface area contributed by atoms with Crippen LogP contribution >= 0.6 is 0 Å². The summed E-state index contributed by atoms with van der Waals surface area (Å²) in [5.74, 6) is 0.142. The molecule has 21 heavy (non-hydrogen) atoms. The first-order valence-corrected chi connectivity index (χ1v) is 6.68. The fraction of sp³-hybridized carbons (Fsp3) is 0.235. The molecule has 0 heterocycles. The van der Waals surface area contributed by atoms with Gasteiger partial charge in [0.05, 0.1) is 18.4 Å². The smallest absolute Gasteiger partial charge is 0.337 e. The van der Waals surface area contributed by atoms with Gasteiger partial charge in [-0.2, -0.15) is 0 Å². The fourth-order valence-electron chi connectivity index (χ4n) is 1.98. The molecule has 0 saturated heterocycles. The lowest BCUT2D eigenvalue weighted by Gasteiger charge is -2.11.